The Balaban J connectivity index is 0.00000400. The van der Waals surface area contributed by atoms with Gasteiger partial charge in [-0.3, -0.25) is 4.99 Å². The number of hydrogen-bond donors (Lipinski definition) is 2. The Labute approximate surface area is 145 Å². The zero-order valence-electron chi connectivity index (χ0n) is 14.0. The minimum atomic E-state index is 0. The highest BCUT2D eigenvalue weighted by Gasteiger charge is 2.09. The van der Waals surface area contributed by atoms with Crippen LogP contribution >= 0.6 is 24.0 Å². The van der Waals surface area contributed by atoms with Crippen LogP contribution in [0.3, 0.4) is 0 Å². The van der Waals surface area contributed by atoms with E-state index < -0.39 is 0 Å². The molecular weight excluding hydrogens is 379 g/mol. The standard InChI is InChI=1S/C15H28N4O.HI/c1-11-12(2)20-13(19-11)10-18-14(16-6)17-9-7-8-15(3,4)5;/h7-10H2,1-6H3,(H2,16,17,18);1H. The zero-order chi connectivity index (χ0) is 15.2. The quantitative estimate of drug-likeness (QED) is 0.339. The van der Waals surface area contributed by atoms with Crippen LogP contribution in [0.1, 0.15) is 51.0 Å². The van der Waals surface area contributed by atoms with Crippen LogP contribution in [0.25, 0.3) is 0 Å². The number of guanidine groups is 1. The summed E-state index contributed by atoms with van der Waals surface area (Å²) in [6.45, 7) is 12.1. The van der Waals surface area contributed by atoms with Gasteiger partial charge >= 0.3 is 0 Å². The maximum absolute atomic E-state index is 5.52. The maximum Gasteiger partial charge on any atom is 0.214 e. The molecule has 0 bridgehead atoms. The van der Waals surface area contributed by atoms with Crippen LogP contribution in [0, 0.1) is 19.3 Å². The van der Waals surface area contributed by atoms with E-state index in [4.69, 9.17) is 4.42 Å². The van der Waals surface area contributed by atoms with Crippen LogP contribution in [-0.4, -0.2) is 24.5 Å². The van der Waals surface area contributed by atoms with Crippen molar-refractivity contribution in [3.8, 4) is 0 Å². The van der Waals surface area contributed by atoms with Crippen LogP contribution < -0.4 is 10.6 Å². The van der Waals surface area contributed by atoms with E-state index in [1.165, 1.54) is 6.42 Å². The topological polar surface area (TPSA) is 62.5 Å². The normalized spacial score (nSPS) is 12.0. The molecule has 0 aliphatic carbocycles. The Morgan fingerprint density at radius 2 is 1.90 bits per heavy atom. The summed E-state index contributed by atoms with van der Waals surface area (Å²) in [5, 5.41) is 6.51. The minimum Gasteiger partial charge on any atom is -0.444 e. The van der Waals surface area contributed by atoms with Crippen molar-refractivity contribution >= 4 is 29.9 Å². The van der Waals surface area contributed by atoms with Crippen LogP contribution in [0.15, 0.2) is 9.41 Å². The average molecular weight is 408 g/mol. The van der Waals surface area contributed by atoms with E-state index in [0.29, 0.717) is 17.9 Å². The Kier molecular flexibility index (Phi) is 8.92. The third kappa shape index (κ3) is 8.28. The van der Waals surface area contributed by atoms with E-state index in [-0.39, 0.29) is 24.0 Å². The lowest BCUT2D eigenvalue weighted by Crippen LogP contribution is -2.37. The van der Waals surface area contributed by atoms with Crippen molar-refractivity contribution in [3.05, 3.63) is 17.3 Å². The number of nitrogens with one attached hydrogen (secondary N) is 2. The lowest BCUT2D eigenvalue weighted by atomic mass is 9.91. The second kappa shape index (κ2) is 9.27. The van der Waals surface area contributed by atoms with Crippen LogP contribution in [0.4, 0.5) is 0 Å². The highest BCUT2D eigenvalue weighted by molar-refractivity contribution is 14.0. The summed E-state index contributed by atoms with van der Waals surface area (Å²) in [5.74, 6) is 2.35. The molecule has 1 aromatic rings. The van der Waals surface area contributed by atoms with Gasteiger partial charge in [-0.2, -0.15) is 0 Å². The van der Waals surface area contributed by atoms with Gasteiger partial charge in [-0.15, -0.1) is 24.0 Å². The first-order chi connectivity index (χ1) is 9.31. The predicted octanol–water partition coefficient (Wildman–Crippen LogP) is 3.40. The summed E-state index contributed by atoms with van der Waals surface area (Å²) < 4.78 is 5.52. The molecule has 5 nitrogen and oxygen atoms in total. The number of halogens is 1. The van der Waals surface area contributed by atoms with Gasteiger partial charge in [0.05, 0.1) is 12.2 Å². The van der Waals surface area contributed by atoms with Crippen LogP contribution in [0.2, 0.25) is 0 Å². The molecule has 0 saturated heterocycles. The first-order valence-electron chi connectivity index (χ1n) is 7.19. The van der Waals surface area contributed by atoms with Crippen LogP contribution in [0.5, 0.6) is 0 Å². The number of hydrogen-bond acceptors (Lipinski definition) is 3. The molecule has 122 valence electrons. The Morgan fingerprint density at radius 3 is 2.38 bits per heavy atom. The third-order valence-electron chi connectivity index (χ3n) is 3.10. The molecule has 1 aromatic heterocycles. The fourth-order valence-corrected chi connectivity index (χ4v) is 1.82. The van der Waals surface area contributed by atoms with Gasteiger partial charge in [0.1, 0.15) is 5.76 Å². The van der Waals surface area contributed by atoms with Gasteiger partial charge < -0.3 is 15.1 Å². The van der Waals surface area contributed by atoms with Crippen molar-refractivity contribution in [3.63, 3.8) is 0 Å². The monoisotopic (exact) mass is 408 g/mol. The molecule has 0 spiro atoms. The van der Waals surface area contributed by atoms with Crippen molar-refractivity contribution in [2.75, 3.05) is 13.6 Å². The Bertz CT molecular complexity index is 430. The summed E-state index contributed by atoms with van der Waals surface area (Å²) >= 11 is 0. The van der Waals surface area contributed by atoms with E-state index in [1.807, 2.05) is 13.8 Å². The SMILES string of the molecule is CN=C(NCCCC(C)(C)C)NCc1nc(C)c(C)o1.I. The molecule has 0 saturated carbocycles. The zero-order valence-corrected chi connectivity index (χ0v) is 16.4. The number of nitrogens with zero attached hydrogens (tertiary/aromatic N) is 2. The van der Waals surface area contributed by atoms with Crippen molar-refractivity contribution < 1.29 is 4.42 Å². The lowest BCUT2D eigenvalue weighted by Gasteiger charge is -2.18. The highest BCUT2D eigenvalue weighted by Crippen LogP contribution is 2.19. The molecule has 0 aliphatic rings. The number of oxazole rings is 1. The summed E-state index contributed by atoms with van der Waals surface area (Å²) in [6.07, 6.45) is 2.32. The van der Waals surface area contributed by atoms with Crippen molar-refractivity contribution in [2.24, 2.45) is 10.4 Å². The van der Waals surface area contributed by atoms with Crippen LogP contribution in [-0.2, 0) is 6.54 Å². The number of rotatable bonds is 5. The summed E-state index contributed by atoms with van der Waals surface area (Å²) in [4.78, 5) is 8.52. The maximum atomic E-state index is 5.52. The van der Waals surface area contributed by atoms with E-state index in [9.17, 15) is 0 Å². The molecule has 0 radical (unpaired) electrons. The summed E-state index contributed by atoms with van der Waals surface area (Å²) in [5.41, 5.74) is 1.32. The van der Waals surface area contributed by atoms with Crippen molar-refractivity contribution in [2.45, 2.75) is 54.0 Å². The van der Waals surface area contributed by atoms with Crippen molar-refractivity contribution in [1.82, 2.24) is 15.6 Å². The van der Waals surface area contributed by atoms with Gasteiger partial charge in [-0.1, -0.05) is 20.8 Å². The van der Waals surface area contributed by atoms with Gasteiger partial charge in [0.2, 0.25) is 5.89 Å². The Hall–Kier alpha value is -0.790. The predicted molar refractivity (Wildman–Crippen MR) is 98.3 cm³/mol. The number of aryl methyl sites for hydroxylation is 2. The molecule has 6 heteroatoms. The van der Waals surface area contributed by atoms with E-state index >= 15 is 0 Å². The van der Waals surface area contributed by atoms with Gasteiger partial charge in [0, 0.05) is 13.6 Å². The largest absolute Gasteiger partial charge is 0.444 e. The molecular formula is C15H29IN4O. The second-order valence-electron chi connectivity index (χ2n) is 6.27. The van der Waals surface area contributed by atoms with E-state index in [0.717, 1.165) is 30.4 Å². The number of aromatic nitrogens is 1. The molecule has 1 rings (SSSR count). The average Bonchev–Trinajstić information content (AvgIpc) is 2.66. The molecule has 0 amide bonds. The fraction of sp³-hybridized carbons (Fsp3) is 0.733. The lowest BCUT2D eigenvalue weighted by molar-refractivity contribution is 0.365. The first kappa shape index (κ1) is 20.2. The van der Waals surface area contributed by atoms with E-state index in [1.54, 1.807) is 7.05 Å². The van der Waals surface area contributed by atoms with Gasteiger partial charge in [-0.25, -0.2) is 4.98 Å². The van der Waals surface area contributed by atoms with Gasteiger partial charge in [0.25, 0.3) is 0 Å². The fourth-order valence-electron chi connectivity index (χ4n) is 1.82. The molecule has 0 aromatic carbocycles. The van der Waals surface area contributed by atoms with Gasteiger partial charge in [-0.05, 0) is 32.1 Å². The molecule has 0 aliphatic heterocycles. The first-order valence-corrected chi connectivity index (χ1v) is 7.19. The van der Waals surface area contributed by atoms with E-state index in [2.05, 4.69) is 41.4 Å². The molecule has 0 unspecified atom stereocenters. The van der Waals surface area contributed by atoms with Gasteiger partial charge in [0.15, 0.2) is 5.96 Å². The molecule has 2 N–H and O–H groups in total. The van der Waals surface area contributed by atoms with Crippen molar-refractivity contribution in [1.29, 1.82) is 0 Å². The summed E-state index contributed by atoms with van der Waals surface area (Å²) in [7, 11) is 1.77. The Morgan fingerprint density at radius 1 is 1.24 bits per heavy atom. The third-order valence-corrected chi connectivity index (χ3v) is 3.10. The highest BCUT2D eigenvalue weighted by atomic mass is 127. The number of aliphatic imine (C=N–C) groups is 1. The molecule has 21 heavy (non-hydrogen) atoms. The smallest absolute Gasteiger partial charge is 0.214 e. The molecule has 0 fully saturated rings. The second-order valence-corrected chi connectivity index (χ2v) is 6.27. The minimum absolute atomic E-state index is 0. The molecule has 0 atom stereocenters. The summed E-state index contributed by atoms with van der Waals surface area (Å²) in [6, 6.07) is 0. The molecule has 1 heterocycles.